The molecular formula is C26H31N3O. The highest BCUT2D eigenvalue weighted by Gasteiger charge is 2.21. The number of nitrogens with one attached hydrogen (secondary N) is 2. The molecule has 4 rings (SSSR count). The molecule has 1 fully saturated rings. The minimum Gasteiger partial charge on any atom is -0.352 e. The van der Waals surface area contributed by atoms with Crippen molar-refractivity contribution in [2.24, 2.45) is 0 Å². The second-order valence-corrected chi connectivity index (χ2v) is 8.27. The second kappa shape index (κ2) is 9.88. The lowest BCUT2D eigenvalue weighted by Crippen LogP contribution is -2.46. The zero-order chi connectivity index (χ0) is 20.8. The highest BCUT2D eigenvalue weighted by atomic mass is 16.2. The van der Waals surface area contributed by atoms with Gasteiger partial charge in [-0.1, -0.05) is 72.8 Å². The summed E-state index contributed by atoms with van der Waals surface area (Å²) in [5, 5.41) is 9.09. The summed E-state index contributed by atoms with van der Waals surface area (Å²) >= 11 is 0. The topological polar surface area (TPSA) is 44.4 Å². The number of fused-ring (bicyclic) bond motifs is 1. The summed E-state index contributed by atoms with van der Waals surface area (Å²) in [6.45, 7) is 5.51. The van der Waals surface area contributed by atoms with Crippen LogP contribution in [0.3, 0.4) is 0 Å². The quantitative estimate of drug-likeness (QED) is 0.621. The predicted molar refractivity (Wildman–Crippen MR) is 123 cm³/mol. The Morgan fingerprint density at radius 1 is 0.967 bits per heavy atom. The molecule has 30 heavy (non-hydrogen) atoms. The van der Waals surface area contributed by atoms with E-state index in [1.165, 1.54) is 21.9 Å². The van der Waals surface area contributed by atoms with Crippen LogP contribution in [0.5, 0.6) is 0 Å². The van der Waals surface area contributed by atoms with Gasteiger partial charge in [0.1, 0.15) is 0 Å². The Morgan fingerprint density at radius 2 is 1.67 bits per heavy atom. The zero-order valence-electron chi connectivity index (χ0n) is 17.7. The Balaban J connectivity index is 1.22. The molecule has 1 aliphatic rings. The number of piperidine rings is 1. The molecule has 1 heterocycles. The molecule has 4 heteroatoms. The van der Waals surface area contributed by atoms with Gasteiger partial charge in [-0.25, -0.2) is 0 Å². The SMILES string of the molecule is CC(NCC(=O)NC1CCN(Cc2ccccc2)CC1)c1cccc2ccccc12. The number of hydrogen-bond acceptors (Lipinski definition) is 3. The maximum absolute atomic E-state index is 12.5. The minimum atomic E-state index is 0.0867. The third-order valence-electron chi connectivity index (χ3n) is 6.06. The van der Waals surface area contributed by atoms with Gasteiger partial charge in [0.05, 0.1) is 6.54 Å². The number of nitrogens with zero attached hydrogens (tertiary/aromatic N) is 1. The molecule has 1 unspecified atom stereocenters. The molecule has 4 nitrogen and oxygen atoms in total. The number of likely N-dealkylation sites (tertiary alicyclic amines) is 1. The maximum Gasteiger partial charge on any atom is 0.234 e. The van der Waals surface area contributed by atoms with Crippen LogP contribution in [0.4, 0.5) is 0 Å². The van der Waals surface area contributed by atoms with Crippen molar-refractivity contribution < 1.29 is 4.79 Å². The van der Waals surface area contributed by atoms with Crippen LogP contribution >= 0.6 is 0 Å². The van der Waals surface area contributed by atoms with Crippen molar-refractivity contribution in [3.05, 3.63) is 83.9 Å². The standard InChI is InChI=1S/C26H31N3O/c1-20(24-13-7-11-22-10-5-6-12-25(22)24)27-18-26(30)28-23-14-16-29(17-15-23)19-21-8-3-2-4-9-21/h2-13,20,23,27H,14-19H2,1H3,(H,28,30). The van der Waals surface area contributed by atoms with Gasteiger partial charge in [0.25, 0.3) is 0 Å². The van der Waals surface area contributed by atoms with Crippen molar-refractivity contribution in [2.45, 2.75) is 38.4 Å². The molecule has 0 aliphatic carbocycles. The molecule has 0 radical (unpaired) electrons. The van der Waals surface area contributed by atoms with Gasteiger partial charge in [0, 0.05) is 31.7 Å². The van der Waals surface area contributed by atoms with Gasteiger partial charge in [-0.2, -0.15) is 0 Å². The Bertz CT molecular complexity index is 959. The first-order valence-corrected chi connectivity index (χ1v) is 11.0. The second-order valence-electron chi connectivity index (χ2n) is 8.27. The van der Waals surface area contributed by atoms with Gasteiger partial charge in [0.2, 0.25) is 5.91 Å². The number of carbonyl (C=O) groups excluding carboxylic acids is 1. The Hall–Kier alpha value is -2.69. The lowest BCUT2D eigenvalue weighted by molar-refractivity contribution is -0.121. The van der Waals surface area contributed by atoms with Crippen molar-refractivity contribution in [3.63, 3.8) is 0 Å². The van der Waals surface area contributed by atoms with E-state index in [9.17, 15) is 4.79 Å². The van der Waals surface area contributed by atoms with Crippen molar-refractivity contribution in [2.75, 3.05) is 19.6 Å². The molecule has 3 aromatic rings. The molecule has 1 saturated heterocycles. The van der Waals surface area contributed by atoms with E-state index in [2.05, 4.69) is 95.3 Å². The van der Waals surface area contributed by atoms with Gasteiger partial charge in [0.15, 0.2) is 0 Å². The fraction of sp³-hybridized carbons (Fsp3) is 0.346. The first kappa shape index (κ1) is 20.6. The fourth-order valence-electron chi connectivity index (χ4n) is 4.34. The first-order chi connectivity index (χ1) is 14.7. The van der Waals surface area contributed by atoms with E-state index in [0.29, 0.717) is 6.54 Å². The summed E-state index contributed by atoms with van der Waals surface area (Å²) in [4.78, 5) is 15.0. The Kier molecular flexibility index (Phi) is 6.77. The molecule has 1 amide bonds. The van der Waals surface area contributed by atoms with Gasteiger partial charge in [-0.3, -0.25) is 9.69 Å². The van der Waals surface area contributed by atoms with Gasteiger partial charge in [-0.15, -0.1) is 0 Å². The fourth-order valence-corrected chi connectivity index (χ4v) is 4.34. The van der Waals surface area contributed by atoms with Gasteiger partial charge < -0.3 is 10.6 Å². The van der Waals surface area contributed by atoms with E-state index in [1.807, 2.05) is 0 Å². The van der Waals surface area contributed by atoms with Crippen LogP contribution < -0.4 is 10.6 Å². The van der Waals surface area contributed by atoms with Crippen LogP contribution in [0.1, 0.15) is 36.9 Å². The minimum absolute atomic E-state index is 0.0867. The Labute approximate surface area is 179 Å². The van der Waals surface area contributed by atoms with E-state index in [-0.39, 0.29) is 18.0 Å². The van der Waals surface area contributed by atoms with Crippen LogP contribution in [0, 0.1) is 0 Å². The number of carbonyl (C=O) groups is 1. The normalized spacial score (nSPS) is 16.4. The van der Waals surface area contributed by atoms with Gasteiger partial charge >= 0.3 is 0 Å². The highest BCUT2D eigenvalue weighted by Crippen LogP contribution is 2.23. The highest BCUT2D eigenvalue weighted by molar-refractivity contribution is 5.86. The monoisotopic (exact) mass is 401 g/mol. The van der Waals surface area contributed by atoms with Crippen LogP contribution in [0.25, 0.3) is 10.8 Å². The number of benzene rings is 3. The first-order valence-electron chi connectivity index (χ1n) is 11.0. The predicted octanol–water partition coefficient (Wildman–Crippen LogP) is 4.27. The summed E-state index contributed by atoms with van der Waals surface area (Å²) in [7, 11) is 0. The van der Waals surface area contributed by atoms with Crippen LogP contribution in [0.15, 0.2) is 72.8 Å². The third-order valence-corrected chi connectivity index (χ3v) is 6.06. The summed E-state index contributed by atoms with van der Waals surface area (Å²) in [6, 6.07) is 25.7. The molecule has 0 spiro atoms. The zero-order valence-corrected chi connectivity index (χ0v) is 17.7. The van der Waals surface area contributed by atoms with Crippen LogP contribution in [-0.2, 0) is 11.3 Å². The van der Waals surface area contributed by atoms with Crippen molar-refractivity contribution in [1.82, 2.24) is 15.5 Å². The molecule has 1 atom stereocenters. The molecular weight excluding hydrogens is 370 g/mol. The van der Waals surface area contributed by atoms with Crippen LogP contribution in [-0.4, -0.2) is 36.5 Å². The molecule has 0 aromatic heterocycles. The molecule has 1 aliphatic heterocycles. The Morgan fingerprint density at radius 3 is 2.47 bits per heavy atom. The average molecular weight is 402 g/mol. The van der Waals surface area contributed by atoms with E-state index >= 15 is 0 Å². The third kappa shape index (κ3) is 5.26. The van der Waals surface area contributed by atoms with Gasteiger partial charge in [-0.05, 0) is 41.7 Å². The molecule has 3 aromatic carbocycles. The van der Waals surface area contributed by atoms with E-state index < -0.39 is 0 Å². The summed E-state index contributed by atoms with van der Waals surface area (Å²) in [5.41, 5.74) is 2.58. The largest absolute Gasteiger partial charge is 0.352 e. The lowest BCUT2D eigenvalue weighted by Gasteiger charge is -2.32. The van der Waals surface area contributed by atoms with E-state index in [1.54, 1.807) is 0 Å². The molecule has 0 saturated carbocycles. The average Bonchev–Trinajstić information content (AvgIpc) is 2.79. The number of amides is 1. The number of hydrogen-bond donors (Lipinski definition) is 2. The summed E-state index contributed by atoms with van der Waals surface area (Å²) < 4.78 is 0. The van der Waals surface area contributed by atoms with Crippen molar-refractivity contribution in [3.8, 4) is 0 Å². The number of rotatable bonds is 7. The smallest absolute Gasteiger partial charge is 0.234 e. The summed E-state index contributed by atoms with van der Waals surface area (Å²) in [5.74, 6) is 0.0867. The lowest BCUT2D eigenvalue weighted by atomic mass is 10.00. The van der Waals surface area contributed by atoms with Crippen LogP contribution in [0.2, 0.25) is 0 Å². The van der Waals surface area contributed by atoms with Crippen molar-refractivity contribution >= 4 is 16.7 Å². The van der Waals surface area contributed by atoms with Crippen molar-refractivity contribution in [1.29, 1.82) is 0 Å². The van der Waals surface area contributed by atoms with E-state index in [0.717, 1.165) is 32.5 Å². The molecule has 156 valence electrons. The molecule has 0 bridgehead atoms. The van der Waals surface area contributed by atoms with E-state index in [4.69, 9.17) is 0 Å². The summed E-state index contributed by atoms with van der Waals surface area (Å²) in [6.07, 6.45) is 2.02. The molecule has 2 N–H and O–H groups in total. The maximum atomic E-state index is 12.5.